The van der Waals surface area contributed by atoms with Crippen molar-refractivity contribution < 1.29 is 9.18 Å². The van der Waals surface area contributed by atoms with Crippen LogP contribution in [0.2, 0.25) is 0 Å². The predicted molar refractivity (Wildman–Crippen MR) is 93.8 cm³/mol. The van der Waals surface area contributed by atoms with Crippen molar-refractivity contribution >= 4 is 5.91 Å². The van der Waals surface area contributed by atoms with Crippen molar-refractivity contribution in [2.24, 2.45) is 5.92 Å². The normalized spacial score (nSPS) is 25.9. The summed E-state index contributed by atoms with van der Waals surface area (Å²) in [4.78, 5) is 14.9. The van der Waals surface area contributed by atoms with Crippen molar-refractivity contribution in [2.45, 2.75) is 45.1 Å². The number of rotatable bonds is 3. The van der Waals surface area contributed by atoms with Crippen LogP contribution in [-0.2, 0) is 4.79 Å². The van der Waals surface area contributed by atoms with Crippen molar-refractivity contribution in [3.8, 4) is 0 Å². The second-order valence-electron chi connectivity index (χ2n) is 7.46. The molecule has 0 radical (unpaired) electrons. The molecule has 132 valence electrons. The van der Waals surface area contributed by atoms with Crippen molar-refractivity contribution in [3.05, 3.63) is 53.1 Å². The lowest BCUT2D eigenvalue weighted by Crippen LogP contribution is -2.42. The van der Waals surface area contributed by atoms with Gasteiger partial charge in [0.15, 0.2) is 0 Å². The number of nitrogens with zero attached hydrogens (tertiary/aromatic N) is 3. The highest BCUT2D eigenvalue weighted by molar-refractivity contribution is 5.83. The number of hydrogen-bond donors (Lipinski definition) is 0. The molecule has 2 aliphatic rings. The number of likely N-dealkylation sites (tertiary alicyclic amines) is 1. The van der Waals surface area contributed by atoms with Crippen LogP contribution < -0.4 is 0 Å². The molecule has 25 heavy (non-hydrogen) atoms. The Bertz CT molecular complexity index is 800. The van der Waals surface area contributed by atoms with E-state index in [-0.39, 0.29) is 29.6 Å². The lowest BCUT2D eigenvalue weighted by atomic mass is 10.0. The van der Waals surface area contributed by atoms with Crippen LogP contribution in [-0.4, -0.2) is 33.7 Å². The fourth-order valence-electron chi connectivity index (χ4n) is 4.18. The summed E-state index contributed by atoms with van der Waals surface area (Å²) >= 11 is 0. The van der Waals surface area contributed by atoms with Crippen molar-refractivity contribution in [1.82, 2.24) is 14.7 Å². The van der Waals surface area contributed by atoms with E-state index < -0.39 is 0 Å². The molecule has 3 atom stereocenters. The van der Waals surface area contributed by atoms with Crippen LogP contribution in [0.25, 0.3) is 0 Å². The van der Waals surface area contributed by atoms with E-state index in [4.69, 9.17) is 0 Å². The summed E-state index contributed by atoms with van der Waals surface area (Å²) in [5.41, 5.74) is 3.13. The van der Waals surface area contributed by atoms with Gasteiger partial charge in [-0.2, -0.15) is 5.10 Å². The molecule has 2 aromatic rings. The molecule has 1 saturated heterocycles. The summed E-state index contributed by atoms with van der Waals surface area (Å²) < 4.78 is 15.5. The van der Waals surface area contributed by atoms with Crippen LogP contribution in [0.4, 0.5) is 4.39 Å². The Balaban J connectivity index is 1.43. The van der Waals surface area contributed by atoms with E-state index >= 15 is 0 Å². The molecule has 1 amide bonds. The van der Waals surface area contributed by atoms with Crippen LogP contribution in [0.5, 0.6) is 0 Å². The molecule has 4 rings (SSSR count). The average molecular weight is 341 g/mol. The van der Waals surface area contributed by atoms with Gasteiger partial charge in [0.2, 0.25) is 5.91 Å². The van der Waals surface area contributed by atoms with Gasteiger partial charge in [-0.05, 0) is 62.8 Å². The molecule has 2 fully saturated rings. The summed E-state index contributed by atoms with van der Waals surface area (Å²) in [7, 11) is 0. The first kappa shape index (κ1) is 16.3. The molecule has 1 aromatic carbocycles. The summed E-state index contributed by atoms with van der Waals surface area (Å²) in [6.45, 7) is 5.62. The number of hydrogen-bond acceptors (Lipinski definition) is 2. The molecule has 5 heteroatoms. The molecule has 0 bridgehead atoms. The van der Waals surface area contributed by atoms with E-state index in [1.807, 2.05) is 17.9 Å². The van der Waals surface area contributed by atoms with Gasteiger partial charge in [0.05, 0.1) is 11.7 Å². The van der Waals surface area contributed by atoms with Crippen LogP contribution in [0.15, 0.2) is 30.3 Å². The summed E-state index contributed by atoms with van der Waals surface area (Å²) in [5.74, 6) is 0.192. The fourth-order valence-corrected chi connectivity index (χ4v) is 4.18. The first-order valence-electron chi connectivity index (χ1n) is 9.10. The molecule has 1 aromatic heterocycles. The maximum Gasteiger partial charge on any atom is 0.226 e. The Morgan fingerprint density at radius 1 is 1.28 bits per heavy atom. The van der Waals surface area contributed by atoms with Gasteiger partial charge >= 0.3 is 0 Å². The number of amides is 1. The van der Waals surface area contributed by atoms with E-state index in [9.17, 15) is 9.18 Å². The highest BCUT2D eigenvalue weighted by Gasteiger charge is 2.46. The molecule has 3 unspecified atom stereocenters. The minimum atomic E-state index is -0.224. The van der Waals surface area contributed by atoms with Gasteiger partial charge < -0.3 is 4.90 Å². The Hall–Kier alpha value is -2.17. The fraction of sp³-hybridized carbons (Fsp3) is 0.500. The zero-order valence-electron chi connectivity index (χ0n) is 14.8. The van der Waals surface area contributed by atoms with E-state index in [1.54, 1.807) is 12.1 Å². The third-order valence-corrected chi connectivity index (χ3v) is 5.48. The van der Waals surface area contributed by atoms with Crippen molar-refractivity contribution in [2.75, 3.05) is 13.1 Å². The largest absolute Gasteiger partial charge is 0.340 e. The van der Waals surface area contributed by atoms with Crippen LogP contribution >= 0.6 is 0 Å². The second-order valence-corrected chi connectivity index (χ2v) is 7.46. The van der Waals surface area contributed by atoms with E-state index in [1.165, 1.54) is 6.07 Å². The topological polar surface area (TPSA) is 38.1 Å². The lowest BCUT2D eigenvalue weighted by Gasteiger charge is -2.33. The Labute approximate surface area is 147 Å². The van der Waals surface area contributed by atoms with Gasteiger partial charge in [-0.25, -0.2) is 4.39 Å². The number of aryl methyl sites for hydroxylation is 2. The smallest absolute Gasteiger partial charge is 0.226 e. The van der Waals surface area contributed by atoms with Crippen molar-refractivity contribution in [3.63, 3.8) is 0 Å². The van der Waals surface area contributed by atoms with Gasteiger partial charge in [-0.15, -0.1) is 0 Å². The quantitative estimate of drug-likeness (QED) is 0.855. The Morgan fingerprint density at radius 2 is 2.12 bits per heavy atom. The number of piperidine rings is 1. The summed E-state index contributed by atoms with van der Waals surface area (Å²) in [5, 5.41) is 4.60. The Kier molecular flexibility index (Phi) is 4.10. The van der Waals surface area contributed by atoms with Crippen molar-refractivity contribution in [1.29, 1.82) is 0 Å². The third-order valence-electron chi connectivity index (χ3n) is 5.48. The molecule has 0 N–H and O–H groups in total. The first-order chi connectivity index (χ1) is 12.0. The molecular formula is C20H24FN3O. The number of carbonyl (C=O) groups excluding carboxylic acids is 1. The molecular weight excluding hydrogens is 317 g/mol. The van der Waals surface area contributed by atoms with E-state index in [0.29, 0.717) is 0 Å². The first-order valence-corrected chi connectivity index (χ1v) is 9.10. The summed E-state index contributed by atoms with van der Waals surface area (Å²) in [6.07, 6.45) is 2.90. The van der Waals surface area contributed by atoms with E-state index in [0.717, 1.165) is 49.3 Å². The highest BCUT2D eigenvalue weighted by Crippen LogP contribution is 2.49. The molecule has 0 spiro atoms. The Morgan fingerprint density at radius 3 is 2.84 bits per heavy atom. The van der Waals surface area contributed by atoms with Gasteiger partial charge in [0.25, 0.3) is 0 Å². The third kappa shape index (κ3) is 3.20. The number of carbonyl (C=O) groups is 1. The molecule has 1 aliphatic heterocycles. The predicted octanol–water partition coefficient (Wildman–Crippen LogP) is 3.61. The van der Waals surface area contributed by atoms with E-state index in [2.05, 4.69) is 22.8 Å². The van der Waals surface area contributed by atoms with Crippen LogP contribution in [0.1, 0.15) is 48.2 Å². The molecule has 4 nitrogen and oxygen atoms in total. The zero-order chi connectivity index (χ0) is 17.6. The molecule has 2 heterocycles. The maximum atomic E-state index is 13.4. The zero-order valence-corrected chi connectivity index (χ0v) is 14.8. The monoisotopic (exact) mass is 341 g/mol. The average Bonchev–Trinajstić information content (AvgIpc) is 3.33. The SMILES string of the molecule is Cc1cc(C)n(C2CCCN(C(=O)C3CC3c3cccc(F)c3)C2)n1. The number of benzene rings is 1. The number of aromatic nitrogens is 2. The lowest BCUT2D eigenvalue weighted by molar-refractivity contribution is -0.134. The second kappa shape index (κ2) is 6.28. The van der Waals surface area contributed by atoms with Gasteiger partial charge in [-0.1, -0.05) is 12.1 Å². The number of halogens is 1. The minimum absolute atomic E-state index is 0.0148. The molecule has 1 saturated carbocycles. The standard InChI is InChI=1S/C20H24FN3O/c1-13-9-14(2)24(22-13)17-7-4-8-23(12-17)20(25)19-11-18(19)15-5-3-6-16(21)10-15/h3,5-6,9-10,17-19H,4,7-8,11-12H2,1-2H3. The van der Waals surface area contributed by atoms with Gasteiger partial charge in [0.1, 0.15) is 5.82 Å². The highest BCUT2D eigenvalue weighted by atomic mass is 19.1. The van der Waals surface area contributed by atoms with Gasteiger partial charge in [-0.3, -0.25) is 9.48 Å². The van der Waals surface area contributed by atoms with Crippen LogP contribution in [0, 0.1) is 25.6 Å². The summed E-state index contributed by atoms with van der Waals surface area (Å²) in [6, 6.07) is 9.01. The van der Waals surface area contributed by atoms with Crippen LogP contribution in [0.3, 0.4) is 0 Å². The van der Waals surface area contributed by atoms with Gasteiger partial charge in [0, 0.05) is 24.7 Å². The maximum absolute atomic E-state index is 13.4. The molecule has 1 aliphatic carbocycles. The minimum Gasteiger partial charge on any atom is -0.340 e.